The monoisotopic (exact) mass is 458 g/mol. The first-order valence-electron chi connectivity index (χ1n) is 9.48. The quantitative estimate of drug-likeness (QED) is 0.287. The van der Waals surface area contributed by atoms with E-state index in [-0.39, 0.29) is 11.4 Å². The minimum absolute atomic E-state index is 0.0638. The van der Waals surface area contributed by atoms with Crippen molar-refractivity contribution in [3.63, 3.8) is 0 Å². The molecule has 2 heterocycles. The molecule has 0 saturated carbocycles. The molecule has 2 aromatic heterocycles. The van der Waals surface area contributed by atoms with Crippen LogP contribution < -0.4 is 5.32 Å². The molecule has 0 radical (unpaired) electrons. The number of allylic oxidation sites excluding steroid dienone is 1. The van der Waals surface area contributed by atoms with Gasteiger partial charge >= 0.3 is 6.18 Å². The van der Waals surface area contributed by atoms with Gasteiger partial charge in [0.05, 0.1) is 11.3 Å². The van der Waals surface area contributed by atoms with E-state index in [2.05, 4.69) is 22.1 Å². The van der Waals surface area contributed by atoms with Crippen LogP contribution in [-0.4, -0.2) is 26.4 Å². The lowest BCUT2D eigenvalue weighted by Gasteiger charge is -2.10. The summed E-state index contributed by atoms with van der Waals surface area (Å²) in [5.74, 6) is 0.488. The van der Waals surface area contributed by atoms with Gasteiger partial charge in [0.15, 0.2) is 10.9 Å². The third kappa shape index (κ3) is 4.70. The Balaban J connectivity index is 1.49. The molecule has 10 heteroatoms. The number of halogens is 3. The Morgan fingerprint density at radius 1 is 1.16 bits per heavy atom. The first-order valence-corrected chi connectivity index (χ1v) is 10.5. The maximum absolute atomic E-state index is 12.9. The summed E-state index contributed by atoms with van der Waals surface area (Å²) in [7, 11) is 0. The van der Waals surface area contributed by atoms with Gasteiger partial charge in [-0.15, -0.1) is 16.8 Å². The summed E-state index contributed by atoms with van der Waals surface area (Å²) in [5, 5.41) is 12.2. The van der Waals surface area contributed by atoms with Crippen molar-refractivity contribution in [2.45, 2.75) is 17.9 Å². The Bertz CT molecular complexity index is 1250. The zero-order valence-electron chi connectivity index (χ0n) is 16.6. The van der Waals surface area contributed by atoms with Crippen molar-refractivity contribution >= 4 is 34.3 Å². The first-order chi connectivity index (χ1) is 15.3. The van der Waals surface area contributed by atoms with Gasteiger partial charge in [-0.05, 0) is 30.3 Å². The van der Waals surface area contributed by atoms with Crippen LogP contribution in [0.25, 0.3) is 22.6 Å². The number of nitrogens with zero attached hydrogens (tertiary/aromatic N) is 3. The van der Waals surface area contributed by atoms with E-state index >= 15 is 0 Å². The lowest BCUT2D eigenvalue weighted by Crippen LogP contribution is -2.15. The molecular formula is C22H17F3N4O2S. The van der Waals surface area contributed by atoms with Crippen molar-refractivity contribution in [2.75, 3.05) is 11.1 Å². The number of rotatable bonds is 7. The number of alkyl halides is 3. The van der Waals surface area contributed by atoms with Crippen LogP contribution in [0.2, 0.25) is 0 Å². The number of thioether (sulfide) groups is 1. The Kier molecular flexibility index (Phi) is 6.04. The van der Waals surface area contributed by atoms with Crippen LogP contribution in [0.4, 0.5) is 18.9 Å². The van der Waals surface area contributed by atoms with Crippen molar-refractivity contribution < 1.29 is 22.4 Å². The maximum Gasteiger partial charge on any atom is 0.416 e. The number of nitrogens with one attached hydrogen (secondary N) is 1. The second-order valence-corrected chi connectivity index (χ2v) is 7.71. The molecule has 0 aliphatic carbocycles. The van der Waals surface area contributed by atoms with E-state index in [0.717, 1.165) is 29.3 Å². The fourth-order valence-corrected chi connectivity index (χ4v) is 3.81. The summed E-state index contributed by atoms with van der Waals surface area (Å²) >= 11 is 1.11. The fourth-order valence-electron chi connectivity index (χ4n) is 3.06. The number of anilines is 1. The summed E-state index contributed by atoms with van der Waals surface area (Å²) in [6.07, 6.45) is -2.81. The number of hydrogen-bond donors (Lipinski definition) is 1. The molecule has 0 aliphatic heterocycles. The maximum atomic E-state index is 12.9. The van der Waals surface area contributed by atoms with Gasteiger partial charge in [-0.2, -0.15) is 13.2 Å². The molecule has 0 spiro atoms. The standard InChI is InChI=1S/C22H17F3N4O2S/c1-2-10-29-20(18-11-14-6-3-4-9-17(14)31-18)27-28-21(29)32-13-19(30)26-16-8-5-7-15(12-16)22(23,24)25/h2-9,11-12H,1,10,13H2,(H,26,30). The normalized spacial score (nSPS) is 11.6. The predicted octanol–water partition coefficient (Wildman–Crippen LogP) is 5.63. The summed E-state index contributed by atoms with van der Waals surface area (Å²) in [6, 6.07) is 13.9. The van der Waals surface area contributed by atoms with Crippen LogP contribution in [0, 0.1) is 0 Å². The molecule has 32 heavy (non-hydrogen) atoms. The van der Waals surface area contributed by atoms with Crippen LogP contribution in [0.3, 0.4) is 0 Å². The Labute approximate surface area is 185 Å². The number of aromatic nitrogens is 3. The smallest absolute Gasteiger partial charge is 0.416 e. The molecule has 6 nitrogen and oxygen atoms in total. The molecule has 0 fully saturated rings. The van der Waals surface area contributed by atoms with E-state index in [1.807, 2.05) is 30.3 Å². The SMILES string of the molecule is C=CCn1c(SCC(=O)Nc2cccc(C(F)(F)F)c2)nnc1-c1cc2ccccc2o1. The second-order valence-electron chi connectivity index (χ2n) is 6.77. The number of benzene rings is 2. The number of furan rings is 1. The minimum Gasteiger partial charge on any atom is -0.453 e. The van der Waals surface area contributed by atoms with Crippen molar-refractivity contribution in [1.29, 1.82) is 0 Å². The van der Waals surface area contributed by atoms with Crippen LogP contribution in [-0.2, 0) is 17.5 Å². The highest BCUT2D eigenvalue weighted by molar-refractivity contribution is 7.99. The van der Waals surface area contributed by atoms with Crippen LogP contribution >= 0.6 is 11.8 Å². The van der Waals surface area contributed by atoms with E-state index < -0.39 is 17.6 Å². The van der Waals surface area contributed by atoms with E-state index in [9.17, 15) is 18.0 Å². The van der Waals surface area contributed by atoms with Gasteiger partial charge < -0.3 is 9.73 Å². The molecule has 0 bridgehead atoms. The van der Waals surface area contributed by atoms with Gasteiger partial charge in [0.1, 0.15) is 5.58 Å². The molecule has 0 atom stereocenters. The van der Waals surface area contributed by atoms with Gasteiger partial charge in [-0.1, -0.05) is 42.1 Å². The number of fused-ring (bicyclic) bond motifs is 1. The highest BCUT2D eigenvalue weighted by Gasteiger charge is 2.30. The van der Waals surface area contributed by atoms with Crippen molar-refractivity contribution in [2.24, 2.45) is 0 Å². The van der Waals surface area contributed by atoms with Gasteiger partial charge in [-0.25, -0.2) is 0 Å². The fraction of sp³-hybridized carbons (Fsp3) is 0.136. The molecule has 4 aromatic rings. The number of carbonyl (C=O) groups excluding carboxylic acids is 1. The summed E-state index contributed by atoms with van der Waals surface area (Å²) in [5.41, 5.74) is -0.0459. The van der Waals surface area contributed by atoms with E-state index in [0.29, 0.717) is 28.9 Å². The molecule has 0 aliphatic rings. The van der Waals surface area contributed by atoms with Crippen molar-refractivity contribution in [3.05, 3.63) is 72.8 Å². The average molecular weight is 458 g/mol. The largest absolute Gasteiger partial charge is 0.453 e. The lowest BCUT2D eigenvalue weighted by atomic mass is 10.2. The molecule has 164 valence electrons. The van der Waals surface area contributed by atoms with Crippen molar-refractivity contribution in [1.82, 2.24) is 14.8 Å². The van der Waals surface area contributed by atoms with Gasteiger partial charge in [0.25, 0.3) is 0 Å². The lowest BCUT2D eigenvalue weighted by molar-refractivity contribution is -0.137. The Morgan fingerprint density at radius 2 is 1.97 bits per heavy atom. The summed E-state index contributed by atoms with van der Waals surface area (Å²) in [6.45, 7) is 4.13. The highest BCUT2D eigenvalue weighted by Crippen LogP contribution is 2.31. The molecule has 0 saturated heterocycles. The van der Waals surface area contributed by atoms with E-state index in [1.54, 1.807) is 10.6 Å². The summed E-state index contributed by atoms with van der Waals surface area (Å²) < 4.78 is 46.2. The van der Waals surface area contributed by atoms with Gasteiger partial charge in [0, 0.05) is 17.6 Å². The number of amides is 1. The van der Waals surface area contributed by atoms with E-state index in [1.165, 1.54) is 12.1 Å². The molecule has 1 N–H and O–H groups in total. The summed E-state index contributed by atoms with van der Waals surface area (Å²) in [4.78, 5) is 12.3. The van der Waals surface area contributed by atoms with Gasteiger partial charge in [0.2, 0.25) is 11.7 Å². The molecule has 2 aromatic carbocycles. The Morgan fingerprint density at radius 3 is 2.72 bits per heavy atom. The zero-order chi connectivity index (χ0) is 22.7. The zero-order valence-corrected chi connectivity index (χ0v) is 17.4. The predicted molar refractivity (Wildman–Crippen MR) is 116 cm³/mol. The highest BCUT2D eigenvalue weighted by atomic mass is 32.2. The minimum atomic E-state index is -4.48. The molecule has 0 unspecified atom stereocenters. The van der Waals surface area contributed by atoms with Crippen LogP contribution in [0.15, 0.2) is 76.8 Å². The third-order valence-electron chi connectivity index (χ3n) is 4.48. The molecule has 1 amide bonds. The second kappa shape index (κ2) is 8.91. The van der Waals surface area contributed by atoms with Crippen molar-refractivity contribution in [3.8, 4) is 11.6 Å². The van der Waals surface area contributed by atoms with Gasteiger partial charge in [-0.3, -0.25) is 9.36 Å². The Hall–Kier alpha value is -3.53. The average Bonchev–Trinajstić information content (AvgIpc) is 3.36. The number of hydrogen-bond acceptors (Lipinski definition) is 5. The number of carbonyl (C=O) groups is 1. The number of para-hydroxylation sites is 1. The molecule has 4 rings (SSSR count). The van der Waals surface area contributed by atoms with Crippen LogP contribution in [0.5, 0.6) is 0 Å². The first kappa shape index (κ1) is 21.7. The topological polar surface area (TPSA) is 73.0 Å². The van der Waals surface area contributed by atoms with Crippen LogP contribution in [0.1, 0.15) is 5.56 Å². The molecular weight excluding hydrogens is 441 g/mol. The third-order valence-corrected chi connectivity index (χ3v) is 5.45. The van der Waals surface area contributed by atoms with E-state index in [4.69, 9.17) is 4.42 Å².